The van der Waals surface area contributed by atoms with E-state index in [0.717, 1.165) is 5.39 Å². The predicted octanol–water partition coefficient (Wildman–Crippen LogP) is 6.57. The van der Waals surface area contributed by atoms with Crippen LogP contribution in [0.1, 0.15) is 25.3 Å². The Balaban J connectivity index is 2.26. The van der Waals surface area contributed by atoms with Crippen molar-refractivity contribution < 1.29 is 5.11 Å². The first kappa shape index (κ1) is 13.6. The van der Waals surface area contributed by atoms with Gasteiger partial charge in [0.25, 0.3) is 0 Å². The van der Waals surface area contributed by atoms with Crippen LogP contribution in [0.5, 0.6) is 5.75 Å². The molecule has 0 fully saturated rings. The second kappa shape index (κ2) is 4.61. The average molecular weight is 310 g/mol. The molecule has 0 atom stereocenters. The van der Waals surface area contributed by atoms with Crippen LogP contribution in [0.2, 0.25) is 0 Å². The quantitative estimate of drug-likeness (QED) is 0.274. The van der Waals surface area contributed by atoms with E-state index in [1.54, 1.807) is 0 Å². The zero-order valence-corrected chi connectivity index (χ0v) is 13.8. The highest BCUT2D eigenvalue weighted by Crippen LogP contribution is 2.45. The second-order valence-corrected chi connectivity index (χ2v) is 6.95. The first-order valence-corrected chi connectivity index (χ1v) is 8.48. The number of benzene rings is 5. The third kappa shape index (κ3) is 1.59. The summed E-state index contributed by atoms with van der Waals surface area (Å²) in [7, 11) is 0. The summed E-state index contributed by atoms with van der Waals surface area (Å²) in [6, 6.07) is 21.3. The van der Waals surface area contributed by atoms with Gasteiger partial charge in [0.2, 0.25) is 0 Å². The van der Waals surface area contributed by atoms with Crippen LogP contribution < -0.4 is 0 Å². The molecule has 0 saturated heterocycles. The summed E-state index contributed by atoms with van der Waals surface area (Å²) in [4.78, 5) is 0. The lowest BCUT2D eigenvalue weighted by atomic mass is 9.85. The lowest BCUT2D eigenvalue weighted by Gasteiger charge is -2.19. The third-order valence-corrected chi connectivity index (χ3v) is 5.26. The molecule has 5 aromatic rings. The molecule has 24 heavy (non-hydrogen) atoms. The maximum absolute atomic E-state index is 10.6. The Morgan fingerprint density at radius 1 is 0.667 bits per heavy atom. The molecular formula is C23H18O. The minimum absolute atomic E-state index is 0.351. The van der Waals surface area contributed by atoms with Crippen molar-refractivity contribution in [2.75, 3.05) is 0 Å². The van der Waals surface area contributed by atoms with Crippen LogP contribution in [0, 0.1) is 0 Å². The standard InChI is InChI=1S/C23H18O/c1-13(2)19-12-20(24)17-10-5-9-16-15-8-3-6-14-7-4-11-18(21(14)15)23(19)22(16)17/h3-13,24H,1-2H3. The van der Waals surface area contributed by atoms with E-state index in [0.29, 0.717) is 11.7 Å². The van der Waals surface area contributed by atoms with E-state index in [4.69, 9.17) is 0 Å². The number of hydrogen-bond donors (Lipinski definition) is 1. The van der Waals surface area contributed by atoms with E-state index in [1.807, 2.05) is 18.2 Å². The second-order valence-electron chi connectivity index (χ2n) is 6.95. The Morgan fingerprint density at radius 2 is 1.25 bits per heavy atom. The highest BCUT2D eigenvalue weighted by molar-refractivity contribution is 6.34. The maximum Gasteiger partial charge on any atom is 0.123 e. The predicted molar refractivity (Wildman–Crippen MR) is 103 cm³/mol. The summed E-state index contributed by atoms with van der Waals surface area (Å²) in [5, 5.41) is 20.4. The maximum atomic E-state index is 10.6. The van der Waals surface area contributed by atoms with Crippen molar-refractivity contribution >= 4 is 43.1 Å². The lowest BCUT2D eigenvalue weighted by Crippen LogP contribution is -1.94. The number of phenolic OH excluding ortho intramolecular Hbond substituents is 1. The highest BCUT2D eigenvalue weighted by atomic mass is 16.3. The van der Waals surface area contributed by atoms with Crippen molar-refractivity contribution in [3.63, 3.8) is 0 Å². The van der Waals surface area contributed by atoms with Crippen molar-refractivity contribution in [1.82, 2.24) is 0 Å². The zero-order chi connectivity index (χ0) is 16.4. The van der Waals surface area contributed by atoms with Crippen molar-refractivity contribution in [2.45, 2.75) is 19.8 Å². The third-order valence-electron chi connectivity index (χ3n) is 5.26. The van der Waals surface area contributed by atoms with E-state index >= 15 is 0 Å². The van der Waals surface area contributed by atoms with Crippen LogP contribution in [0.25, 0.3) is 43.1 Å². The van der Waals surface area contributed by atoms with E-state index < -0.39 is 0 Å². The average Bonchev–Trinajstić information content (AvgIpc) is 2.60. The summed E-state index contributed by atoms with van der Waals surface area (Å²) in [5.41, 5.74) is 1.22. The molecule has 0 aliphatic carbocycles. The monoisotopic (exact) mass is 310 g/mol. The van der Waals surface area contributed by atoms with Crippen LogP contribution in [-0.2, 0) is 0 Å². The van der Waals surface area contributed by atoms with Crippen molar-refractivity contribution in [3.05, 3.63) is 66.2 Å². The summed E-state index contributed by atoms with van der Waals surface area (Å²) < 4.78 is 0. The summed E-state index contributed by atoms with van der Waals surface area (Å²) in [6.45, 7) is 4.39. The molecule has 0 aromatic heterocycles. The van der Waals surface area contributed by atoms with Crippen LogP contribution in [0.3, 0.4) is 0 Å². The van der Waals surface area contributed by atoms with Gasteiger partial charge in [0.15, 0.2) is 0 Å². The molecule has 0 aliphatic rings. The van der Waals surface area contributed by atoms with Crippen LogP contribution >= 0.6 is 0 Å². The molecule has 0 spiro atoms. The van der Waals surface area contributed by atoms with E-state index in [2.05, 4.69) is 56.3 Å². The Labute approximate surface area is 140 Å². The first-order chi connectivity index (χ1) is 11.7. The molecule has 0 amide bonds. The van der Waals surface area contributed by atoms with Gasteiger partial charge in [-0.05, 0) is 49.9 Å². The van der Waals surface area contributed by atoms with Gasteiger partial charge in [0, 0.05) is 10.8 Å². The van der Waals surface area contributed by atoms with Gasteiger partial charge in [-0.25, -0.2) is 0 Å². The topological polar surface area (TPSA) is 20.2 Å². The molecule has 0 bridgehead atoms. The Bertz CT molecular complexity index is 1230. The van der Waals surface area contributed by atoms with Gasteiger partial charge in [0.1, 0.15) is 5.75 Å². The normalized spacial score (nSPS) is 12.3. The molecule has 1 nitrogen and oxygen atoms in total. The van der Waals surface area contributed by atoms with Gasteiger partial charge >= 0.3 is 0 Å². The molecule has 1 heteroatoms. The molecule has 1 N–H and O–H groups in total. The number of fused-ring (bicyclic) bond motifs is 2. The van der Waals surface area contributed by atoms with Gasteiger partial charge in [-0.15, -0.1) is 0 Å². The van der Waals surface area contributed by atoms with E-state index in [-0.39, 0.29) is 0 Å². The SMILES string of the molecule is CC(C)c1cc(O)c2cccc3c4cccc5cccc(c1c23)c54. The molecule has 0 heterocycles. The van der Waals surface area contributed by atoms with Crippen LogP contribution in [0.15, 0.2) is 60.7 Å². The fourth-order valence-corrected chi connectivity index (χ4v) is 4.22. The van der Waals surface area contributed by atoms with E-state index in [9.17, 15) is 5.11 Å². The van der Waals surface area contributed by atoms with Gasteiger partial charge < -0.3 is 5.11 Å². The minimum atomic E-state index is 0.351. The van der Waals surface area contributed by atoms with Crippen LogP contribution in [0.4, 0.5) is 0 Å². The number of hydrogen-bond acceptors (Lipinski definition) is 1. The molecule has 116 valence electrons. The fourth-order valence-electron chi connectivity index (χ4n) is 4.22. The molecule has 0 aliphatic heterocycles. The van der Waals surface area contributed by atoms with Gasteiger partial charge in [-0.3, -0.25) is 0 Å². The largest absolute Gasteiger partial charge is 0.507 e. The molecule has 5 aromatic carbocycles. The number of rotatable bonds is 1. The molecule has 0 unspecified atom stereocenters. The molecular weight excluding hydrogens is 292 g/mol. The smallest absolute Gasteiger partial charge is 0.123 e. The van der Waals surface area contributed by atoms with E-state index in [1.165, 1.54) is 43.3 Å². The Kier molecular flexibility index (Phi) is 2.62. The number of aromatic hydroxyl groups is 1. The molecule has 0 saturated carbocycles. The first-order valence-electron chi connectivity index (χ1n) is 8.48. The zero-order valence-electron chi connectivity index (χ0n) is 13.8. The lowest BCUT2D eigenvalue weighted by molar-refractivity contribution is 0.481. The minimum Gasteiger partial charge on any atom is -0.507 e. The number of phenols is 1. The van der Waals surface area contributed by atoms with Gasteiger partial charge in [-0.1, -0.05) is 68.4 Å². The van der Waals surface area contributed by atoms with Crippen molar-refractivity contribution in [1.29, 1.82) is 0 Å². The highest BCUT2D eigenvalue weighted by Gasteiger charge is 2.18. The summed E-state index contributed by atoms with van der Waals surface area (Å²) in [6.07, 6.45) is 0. The Morgan fingerprint density at radius 3 is 1.96 bits per heavy atom. The fraction of sp³-hybridized carbons (Fsp3) is 0.130. The summed E-state index contributed by atoms with van der Waals surface area (Å²) in [5.74, 6) is 0.731. The van der Waals surface area contributed by atoms with Gasteiger partial charge in [0.05, 0.1) is 0 Å². The van der Waals surface area contributed by atoms with Crippen molar-refractivity contribution in [3.8, 4) is 5.75 Å². The Hall–Kier alpha value is -2.80. The van der Waals surface area contributed by atoms with Gasteiger partial charge in [-0.2, -0.15) is 0 Å². The molecule has 0 radical (unpaired) electrons. The van der Waals surface area contributed by atoms with Crippen LogP contribution in [-0.4, -0.2) is 5.11 Å². The van der Waals surface area contributed by atoms with Crippen molar-refractivity contribution in [2.24, 2.45) is 0 Å². The molecule has 5 rings (SSSR count). The summed E-state index contributed by atoms with van der Waals surface area (Å²) >= 11 is 0.